The topological polar surface area (TPSA) is 94.8 Å². The van der Waals surface area contributed by atoms with Crippen LogP contribution in [0.3, 0.4) is 0 Å². The first-order chi connectivity index (χ1) is 11.4. The van der Waals surface area contributed by atoms with Crippen LogP contribution in [0.5, 0.6) is 0 Å². The summed E-state index contributed by atoms with van der Waals surface area (Å²) >= 11 is 0. The average molecular weight is 391 g/mol. The standard InChI is InChI=1S/C18H36O.Na.H2O4S.H/c1-2-3-4-5-6-7-8-9-10-11-12-13-14-15-16-17-18-19;;1-5(2,3)4;/h9-10,19H,2-8,11-18H2,1H3;;(H2,1,2,3,4);. The van der Waals surface area contributed by atoms with E-state index >= 15 is 0 Å². The predicted octanol–water partition coefficient (Wildman–Crippen LogP) is 4.71. The molecule has 0 rings (SSSR count). The van der Waals surface area contributed by atoms with Gasteiger partial charge in [0.1, 0.15) is 0 Å². The first kappa shape index (κ1) is 30.3. The van der Waals surface area contributed by atoms with Gasteiger partial charge in [-0.2, -0.15) is 8.42 Å². The van der Waals surface area contributed by atoms with Crippen molar-refractivity contribution in [2.45, 2.75) is 96.8 Å². The molecule has 7 heteroatoms. The average Bonchev–Trinajstić information content (AvgIpc) is 2.49. The van der Waals surface area contributed by atoms with Crippen molar-refractivity contribution >= 4 is 40.0 Å². The van der Waals surface area contributed by atoms with Gasteiger partial charge in [-0.1, -0.05) is 76.9 Å². The van der Waals surface area contributed by atoms with Gasteiger partial charge in [0.25, 0.3) is 0 Å². The van der Waals surface area contributed by atoms with Crippen LogP contribution in [0.4, 0.5) is 0 Å². The molecule has 0 aliphatic rings. The van der Waals surface area contributed by atoms with E-state index < -0.39 is 10.4 Å². The van der Waals surface area contributed by atoms with Crippen molar-refractivity contribution in [3.05, 3.63) is 12.2 Å². The van der Waals surface area contributed by atoms with E-state index in [-0.39, 0.29) is 29.6 Å². The molecule has 5 nitrogen and oxygen atoms in total. The zero-order valence-electron chi connectivity index (χ0n) is 15.3. The summed E-state index contributed by atoms with van der Waals surface area (Å²) in [5.74, 6) is 0. The summed E-state index contributed by atoms with van der Waals surface area (Å²) in [7, 11) is -4.67. The summed E-state index contributed by atoms with van der Waals surface area (Å²) < 4.78 is 31.6. The maximum absolute atomic E-state index is 8.74. The van der Waals surface area contributed by atoms with Crippen LogP contribution >= 0.6 is 0 Å². The van der Waals surface area contributed by atoms with Crippen LogP contribution in [0.15, 0.2) is 12.2 Å². The van der Waals surface area contributed by atoms with Crippen LogP contribution in [-0.4, -0.2) is 58.8 Å². The van der Waals surface area contributed by atoms with Crippen molar-refractivity contribution in [1.82, 2.24) is 0 Å². The molecule has 0 saturated carbocycles. The third-order valence-corrected chi connectivity index (χ3v) is 3.67. The fraction of sp³-hybridized carbons (Fsp3) is 0.889. The Kier molecular flexibility index (Phi) is 29.8. The van der Waals surface area contributed by atoms with Gasteiger partial charge in [0.2, 0.25) is 0 Å². The molecule has 3 N–H and O–H groups in total. The molecule has 0 amide bonds. The second kappa shape index (κ2) is 24.6. The normalized spacial score (nSPS) is 11.0. The number of hydrogen-bond acceptors (Lipinski definition) is 3. The van der Waals surface area contributed by atoms with E-state index in [1.54, 1.807) is 0 Å². The summed E-state index contributed by atoms with van der Waals surface area (Å²) in [5.41, 5.74) is 0. The summed E-state index contributed by atoms with van der Waals surface area (Å²) in [6.07, 6.45) is 23.2. The Morgan fingerprint density at radius 1 is 0.680 bits per heavy atom. The van der Waals surface area contributed by atoms with Crippen LogP contribution in [0, 0.1) is 0 Å². The molecule has 0 bridgehead atoms. The van der Waals surface area contributed by atoms with Crippen molar-refractivity contribution < 1.29 is 22.6 Å². The van der Waals surface area contributed by atoms with Gasteiger partial charge in [-0.3, -0.25) is 9.11 Å². The van der Waals surface area contributed by atoms with Crippen LogP contribution in [0.1, 0.15) is 96.8 Å². The first-order valence-corrected chi connectivity index (χ1v) is 10.8. The molecule has 0 radical (unpaired) electrons. The third kappa shape index (κ3) is 45.6. The third-order valence-electron chi connectivity index (χ3n) is 3.67. The molecular weight excluding hydrogens is 351 g/mol. The van der Waals surface area contributed by atoms with E-state index in [1.165, 1.54) is 83.5 Å². The Bertz CT molecular complexity index is 350. The molecule has 0 aromatic carbocycles. The van der Waals surface area contributed by atoms with Crippen molar-refractivity contribution in [3.63, 3.8) is 0 Å². The summed E-state index contributed by atoms with van der Waals surface area (Å²) in [6.45, 7) is 2.64. The van der Waals surface area contributed by atoms with Gasteiger partial charge >= 0.3 is 40.0 Å². The number of aliphatic hydroxyl groups excluding tert-OH is 1. The predicted molar refractivity (Wildman–Crippen MR) is 108 cm³/mol. The molecule has 148 valence electrons. The zero-order chi connectivity index (χ0) is 18.5. The zero-order valence-corrected chi connectivity index (χ0v) is 16.1. The molecule has 25 heavy (non-hydrogen) atoms. The SMILES string of the molecule is CCCCCCCCC=CCCCCCCCCO.O=S(=O)(O)O.[NaH]. The second-order valence-corrected chi connectivity index (χ2v) is 7.00. The number of unbranched alkanes of at least 4 members (excludes halogenated alkanes) is 12. The van der Waals surface area contributed by atoms with E-state index in [2.05, 4.69) is 19.1 Å². The summed E-state index contributed by atoms with van der Waals surface area (Å²) in [6, 6.07) is 0. The van der Waals surface area contributed by atoms with Crippen LogP contribution < -0.4 is 0 Å². The van der Waals surface area contributed by atoms with E-state index in [0.29, 0.717) is 6.61 Å². The number of aliphatic hydroxyl groups is 1. The minimum absolute atomic E-state index is 0. The molecule has 0 aromatic heterocycles. The van der Waals surface area contributed by atoms with Crippen LogP contribution in [0.2, 0.25) is 0 Å². The number of rotatable bonds is 15. The number of allylic oxidation sites excluding steroid dienone is 2. The molecule has 0 aliphatic heterocycles. The Morgan fingerprint density at radius 2 is 1.00 bits per heavy atom. The second-order valence-electron chi connectivity index (χ2n) is 6.11. The van der Waals surface area contributed by atoms with Crippen molar-refractivity contribution in [2.75, 3.05) is 6.61 Å². The Balaban J connectivity index is -0.000000704. The fourth-order valence-electron chi connectivity index (χ4n) is 2.36. The molecule has 0 fully saturated rings. The molecule has 0 unspecified atom stereocenters. The van der Waals surface area contributed by atoms with Gasteiger partial charge < -0.3 is 5.11 Å². The van der Waals surface area contributed by atoms with E-state index in [9.17, 15) is 0 Å². The van der Waals surface area contributed by atoms with Crippen molar-refractivity contribution in [2.24, 2.45) is 0 Å². The summed E-state index contributed by atoms with van der Waals surface area (Å²) in [5, 5.41) is 8.66. The van der Waals surface area contributed by atoms with Crippen molar-refractivity contribution in [3.8, 4) is 0 Å². The maximum atomic E-state index is 8.74. The van der Waals surface area contributed by atoms with Crippen molar-refractivity contribution in [1.29, 1.82) is 0 Å². The van der Waals surface area contributed by atoms with E-state index in [4.69, 9.17) is 22.6 Å². The van der Waals surface area contributed by atoms with E-state index in [1.807, 2.05) is 0 Å². The van der Waals surface area contributed by atoms with Gasteiger partial charge in [0.05, 0.1) is 0 Å². The molecule has 0 heterocycles. The first-order valence-electron chi connectivity index (χ1n) is 9.37. The molecule has 0 atom stereocenters. The molecule has 0 aromatic rings. The molecular formula is C18H39NaO5S. The van der Waals surface area contributed by atoms with Gasteiger partial charge in [-0.25, -0.2) is 0 Å². The quantitative estimate of drug-likeness (QED) is 0.163. The fourth-order valence-corrected chi connectivity index (χ4v) is 2.36. The monoisotopic (exact) mass is 390 g/mol. The minimum atomic E-state index is -4.67. The summed E-state index contributed by atoms with van der Waals surface area (Å²) in [4.78, 5) is 0. The van der Waals surface area contributed by atoms with E-state index in [0.717, 1.165) is 6.42 Å². The Morgan fingerprint density at radius 3 is 1.36 bits per heavy atom. The van der Waals surface area contributed by atoms with Gasteiger partial charge in [0, 0.05) is 6.61 Å². The van der Waals surface area contributed by atoms with Gasteiger partial charge in [0.15, 0.2) is 0 Å². The van der Waals surface area contributed by atoms with Crippen LogP contribution in [-0.2, 0) is 10.4 Å². The molecule has 0 saturated heterocycles. The molecule has 0 aliphatic carbocycles. The van der Waals surface area contributed by atoms with Crippen LogP contribution in [0.25, 0.3) is 0 Å². The number of hydrogen-bond donors (Lipinski definition) is 3. The van der Waals surface area contributed by atoms with Gasteiger partial charge in [-0.05, 0) is 32.1 Å². The van der Waals surface area contributed by atoms with Gasteiger partial charge in [-0.15, -0.1) is 0 Å². The Labute approximate surface area is 177 Å². The molecule has 0 spiro atoms. The Hall–Kier alpha value is 0.570.